The lowest BCUT2D eigenvalue weighted by atomic mass is 9.33. The van der Waals surface area contributed by atoms with Crippen molar-refractivity contribution < 1.29 is 0 Å². The molecule has 334 valence electrons. The monoisotopic (exact) mass is 881 g/mol. The van der Waals surface area contributed by atoms with Crippen molar-refractivity contribution in [2.45, 2.75) is 105 Å². The lowest BCUT2D eigenvalue weighted by molar-refractivity contribution is 0.590. The molecule has 0 saturated heterocycles. The van der Waals surface area contributed by atoms with Gasteiger partial charge >= 0.3 is 0 Å². The quantitative estimate of drug-likeness (QED) is 0.154. The van der Waals surface area contributed by atoms with Crippen LogP contribution >= 0.6 is 0 Å². The maximum Gasteiger partial charge on any atom is 0.252 e. The number of para-hydroxylation sites is 3. The number of fused-ring (bicyclic) bond motifs is 13. The molecule has 0 aliphatic carbocycles. The number of rotatable bonds is 2. The number of benzene rings is 8. The van der Waals surface area contributed by atoms with Crippen LogP contribution in [-0.2, 0) is 21.7 Å². The van der Waals surface area contributed by atoms with Crippen LogP contribution in [0, 0.1) is 0 Å². The zero-order chi connectivity index (χ0) is 47.1. The molecule has 0 atom stereocenters. The van der Waals surface area contributed by atoms with Crippen LogP contribution in [0.2, 0.25) is 0 Å². The molecule has 3 nitrogen and oxygen atoms in total. The van der Waals surface area contributed by atoms with E-state index in [9.17, 15) is 0 Å². The zero-order valence-corrected chi connectivity index (χ0v) is 41.8. The van der Waals surface area contributed by atoms with Gasteiger partial charge in [0.15, 0.2) is 0 Å². The van der Waals surface area contributed by atoms with Gasteiger partial charge in [-0.1, -0.05) is 168 Å². The van der Waals surface area contributed by atoms with E-state index in [1.165, 1.54) is 132 Å². The summed E-state index contributed by atoms with van der Waals surface area (Å²) in [6.45, 7) is 28.4. The van der Waals surface area contributed by atoms with Crippen LogP contribution in [0.1, 0.15) is 105 Å². The topological polar surface area (TPSA) is 14.8 Å². The van der Waals surface area contributed by atoms with Gasteiger partial charge in [-0.3, -0.25) is 0 Å². The van der Waals surface area contributed by atoms with Gasteiger partial charge in [-0.2, -0.15) is 0 Å². The first kappa shape index (κ1) is 41.4. The Morgan fingerprint density at radius 3 is 1.43 bits per heavy atom. The van der Waals surface area contributed by atoms with Crippen molar-refractivity contribution in [1.82, 2.24) is 13.7 Å². The van der Waals surface area contributed by atoms with E-state index in [1.54, 1.807) is 0 Å². The van der Waals surface area contributed by atoms with Crippen LogP contribution in [0.5, 0.6) is 0 Å². The van der Waals surface area contributed by atoms with Crippen molar-refractivity contribution in [3.63, 3.8) is 0 Å². The Bertz CT molecular complexity index is 3990. The molecular weight excluding hydrogens is 822 g/mol. The normalized spacial score (nSPS) is 13.9. The predicted molar refractivity (Wildman–Crippen MR) is 294 cm³/mol. The minimum absolute atomic E-state index is 0.00784. The van der Waals surface area contributed by atoms with E-state index < -0.39 is 0 Å². The van der Waals surface area contributed by atoms with Crippen molar-refractivity contribution >= 4 is 88.5 Å². The molecule has 4 heteroatoms. The number of hydrogen-bond acceptors (Lipinski definition) is 0. The highest BCUT2D eigenvalue weighted by atomic mass is 15.0. The molecule has 3 aromatic heterocycles. The summed E-state index contributed by atoms with van der Waals surface area (Å²) in [6, 6.07) is 56.8. The van der Waals surface area contributed by atoms with Crippen molar-refractivity contribution in [2.24, 2.45) is 0 Å². The van der Waals surface area contributed by atoms with Gasteiger partial charge in [0.1, 0.15) is 0 Å². The Labute approximate surface area is 401 Å². The van der Waals surface area contributed by atoms with Gasteiger partial charge in [-0.05, 0) is 121 Å². The third kappa shape index (κ3) is 5.61. The molecule has 0 saturated carbocycles. The Kier molecular flexibility index (Phi) is 8.20. The SMILES string of the molecule is CC(C)(C)c1ccc2c(c1)c1cc(C(C)(C)C)cc3c1n2-c1ccc(-c2cccc4c5ccccc5n(-c5ccccc5)c24)c2c1B3c1cc(C(C)(C)C)cc3c4cc(C(C)(C)C)ccc4n-2c13. The molecule has 11 aromatic rings. The fourth-order valence-corrected chi connectivity index (χ4v) is 12.2. The van der Waals surface area contributed by atoms with E-state index in [1.807, 2.05) is 0 Å². The van der Waals surface area contributed by atoms with Gasteiger partial charge in [-0.25, -0.2) is 0 Å². The highest BCUT2D eigenvalue weighted by molar-refractivity contribution is 7.00. The molecule has 5 heterocycles. The molecule has 0 spiro atoms. The highest BCUT2D eigenvalue weighted by Gasteiger charge is 2.43. The molecule has 13 rings (SSSR count). The first-order valence-electron chi connectivity index (χ1n) is 24.8. The fourth-order valence-electron chi connectivity index (χ4n) is 12.2. The largest absolute Gasteiger partial charge is 0.310 e. The number of hydrogen-bond donors (Lipinski definition) is 0. The molecule has 8 aromatic carbocycles. The van der Waals surface area contributed by atoms with E-state index in [2.05, 4.69) is 242 Å². The lowest BCUT2D eigenvalue weighted by Crippen LogP contribution is -2.60. The fraction of sp³-hybridized carbons (Fsp3) is 0.250. The summed E-state index contributed by atoms with van der Waals surface area (Å²) in [7, 11) is 0. The van der Waals surface area contributed by atoms with E-state index in [0.717, 1.165) is 0 Å². The Balaban J connectivity index is 1.27. The third-order valence-corrected chi connectivity index (χ3v) is 15.8. The smallest absolute Gasteiger partial charge is 0.252 e. The predicted octanol–water partition coefficient (Wildman–Crippen LogP) is 15.0. The summed E-state index contributed by atoms with van der Waals surface area (Å²) in [5, 5.41) is 7.89. The number of nitrogens with zero attached hydrogens (tertiary/aromatic N) is 3. The first-order valence-corrected chi connectivity index (χ1v) is 24.8. The molecule has 2 aliphatic rings. The summed E-state index contributed by atoms with van der Waals surface area (Å²) in [5.74, 6) is 0. The summed E-state index contributed by atoms with van der Waals surface area (Å²) in [6.07, 6.45) is 0. The van der Waals surface area contributed by atoms with Crippen LogP contribution in [0.3, 0.4) is 0 Å². The van der Waals surface area contributed by atoms with Crippen LogP contribution in [0.4, 0.5) is 0 Å². The average molecular weight is 882 g/mol. The highest BCUT2D eigenvalue weighted by Crippen LogP contribution is 2.47. The second-order valence-corrected chi connectivity index (χ2v) is 24.3. The molecule has 2 aliphatic heterocycles. The molecule has 0 radical (unpaired) electrons. The Morgan fingerprint density at radius 1 is 0.338 bits per heavy atom. The van der Waals surface area contributed by atoms with Crippen molar-refractivity contribution in [1.29, 1.82) is 0 Å². The maximum atomic E-state index is 2.71. The lowest BCUT2D eigenvalue weighted by Gasteiger charge is -2.36. The summed E-state index contributed by atoms with van der Waals surface area (Å²) in [4.78, 5) is 0. The summed E-state index contributed by atoms with van der Waals surface area (Å²) < 4.78 is 7.87. The molecule has 0 N–H and O–H groups in total. The van der Waals surface area contributed by atoms with Gasteiger partial charge in [0, 0.05) is 65.9 Å². The van der Waals surface area contributed by atoms with Crippen LogP contribution in [0.25, 0.3) is 93.6 Å². The zero-order valence-electron chi connectivity index (χ0n) is 41.8. The van der Waals surface area contributed by atoms with Gasteiger partial charge in [-0.15, -0.1) is 0 Å². The summed E-state index contributed by atoms with van der Waals surface area (Å²) in [5.41, 5.74) is 23.4. The molecular formula is C64H60BN3. The average Bonchev–Trinajstić information content (AvgIpc) is 3.94. The van der Waals surface area contributed by atoms with Gasteiger partial charge in [0.2, 0.25) is 0 Å². The van der Waals surface area contributed by atoms with Crippen LogP contribution < -0.4 is 16.4 Å². The first-order chi connectivity index (χ1) is 32.3. The van der Waals surface area contributed by atoms with Crippen molar-refractivity contribution in [3.8, 4) is 28.2 Å². The van der Waals surface area contributed by atoms with Crippen LogP contribution in [0.15, 0.2) is 146 Å². The minimum atomic E-state index is -0.0678. The van der Waals surface area contributed by atoms with E-state index >= 15 is 0 Å². The molecule has 0 unspecified atom stereocenters. The van der Waals surface area contributed by atoms with E-state index in [-0.39, 0.29) is 28.4 Å². The van der Waals surface area contributed by atoms with Crippen molar-refractivity contribution in [3.05, 3.63) is 168 Å². The maximum absolute atomic E-state index is 2.71. The van der Waals surface area contributed by atoms with E-state index in [4.69, 9.17) is 0 Å². The van der Waals surface area contributed by atoms with E-state index in [0.29, 0.717) is 0 Å². The number of aromatic nitrogens is 3. The van der Waals surface area contributed by atoms with Crippen LogP contribution in [-0.4, -0.2) is 20.4 Å². The molecule has 0 amide bonds. The second kappa shape index (κ2) is 13.5. The molecule has 0 fully saturated rings. The minimum Gasteiger partial charge on any atom is -0.310 e. The third-order valence-electron chi connectivity index (χ3n) is 15.8. The van der Waals surface area contributed by atoms with Gasteiger partial charge in [0.05, 0.1) is 27.8 Å². The standard InChI is InChI=1S/C64H60BN3/c1-61(2,3)37-25-28-53-46(31-37)48-33-39(63(7,8)9)35-50-58(48)67(53)55-30-27-45(44-23-18-22-43-42-21-16-17-24-52(42)66(57(43)44)41-19-14-13-15-20-41)60-56(55)65(50)51-36-40(64(10,11)12)34-49-47-32-38(62(4,5)6)26-29-54(47)68(60)59(49)51/h13-36H,1-12H3. The van der Waals surface area contributed by atoms with Gasteiger partial charge < -0.3 is 13.7 Å². The Morgan fingerprint density at radius 2 is 0.838 bits per heavy atom. The second-order valence-electron chi connectivity index (χ2n) is 24.3. The molecule has 0 bridgehead atoms. The summed E-state index contributed by atoms with van der Waals surface area (Å²) >= 11 is 0. The van der Waals surface area contributed by atoms with Gasteiger partial charge in [0.25, 0.3) is 6.71 Å². The molecule has 68 heavy (non-hydrogen) atoms. The van der Waals surface area contributed by atoms with Crippen molar-refractivity contribution in [2.75, 3.05) is 0 Å². The Hall–Kier alpha value is -6.78.